The molecule has 0 aliphatic heterocycles. The number of aryl methyl sites for hydroxylation is 2. The quantitative estimate of drug-likeness (QED) is 0.767. The maximum absolute atomic E-state index is 9.74. The van der Waals surface area contributed by atoms with Gasteiger partial charge in [0.1, 0.15) is 5.15 Å². The first kappa shape index (κ1) is 15.4. The molecule has 0 bridgehead atoms. The van der Waals surface area contributed by atoms with Crippen LogP contribution in [-0.2, 0) is 20.0 Å². The number of halogens is 1. The van der Waals surface area contributed by atoms with E-state index in [1.807, 2.05) is 26.0 Å². The van der Waals surface area contributed by atoms with Crippen molar-refractivity contribution < 1.29 is 5.11 Å². The fraction of sp³-hybridized carbons (Fsp3) is 0.750. The summed E-state index contributed by atoms with van der Waals surface area (Å²) in [4.78, 5) is 1.96. The van der Waals surface area contributed by atoms with Gasteiger partial charge in [0.25, 0.3) is 0 Å². The number of aromatic nitrogens is 2. The van der Waals surface area contributed by atoms with Gasteiger partial charge < -0.3 is 15.3 Å². The molecule has 1 atom stereocenters. The molecule has 5 nitrogen and oxygen atoms in total. The Morgan fingerprint density at radius 3 is 2.72 bits per heavy atom. The number of nitrogens with one attached hydrogen (secondary N) is 1. The van der Waals surface area contributed by atoms with Crippen LogP contribution in [0.5, 0.6) is 0 Å². The van der Waals surface area contributed by atoms with Crippen LogP contribution in [0.1, 0.15) is 18.2 Å². The Hall–Kier alpha value is -0.620. The highest BCUT2D eigenvalue weighted by atomic mass is 35.5. The minimum absolute atomic E-state index is 0.375. The lowest BCUT2D eigenvalue weighted by Gasteiger charge is -2.16. The van der Waals surface area contributed by atoms with E-state index in [4.69, 9.17) is 11.6 Å². The van der Waals surface area contributed by atoms with Gasteiger partial charge in [0.2, 0.25) is 0 Å². The Balaban J connectivity index is 2.48. The summed E-state index contributed by atoms with van der Waals surface area (Å²) in [6.45, 7) is 3.89. The zero-order valence-electron chi connectivity index (χ0n) is 11.6. The molecule has 0 fully saturated rings. The molecule has 6 heteroatoms. The predicted octanol–water partition coefficient (Wildman–Crippen LogP) is 0.648. The van der Waals surface area contributed by atoms with Crippen molar-refractivity contribution in [2.45, 2.75) is 26.0 Å². The summed E-state index contributed by atoms with van der Waals surface area (Å²) in [5.74, 6) is 0. The highest BCUT2D eigenvalue weighted by Crippen LogP contribution is 2.19. The maximum atomic E-state index is 9.74. The smallest absolute Gasteiger partial charge is 0.131 e. The molecular formula is C12H23ClN4O. The molecule has 1 aromatic rings. The number of hydrogen-bond donors (Lipinski definition) is 2. The Morgan fingerprint density at radius 1 is 1.50 bits per heavy atom. The van der Waals surface area contributed by atoms with Crippen molar-refractivity contribution in [3.05, 3.63) is 16.4 Å². The SMILES string of the molecule is CCc1nn(C)c(Cl)c1CNCC(O)CN(C)C. The standard InChI is InChI=1S/C12H23ClN4O/c1-5-11-10(12(13)17(4)15-11)7-14-6-9(18)8-16(2)3/h9,14,18H,5-8H2,1-4H3. The highest BCUT2D eigenvalue weighted by molar-refractivity contribution is 6.30. The summed E-state index contributed by atoms with van der Waals surface area (Å²) in [6, 6.07) is 0. The summed E-state index contributed by atoms with van der Waals surface area (Å²) < 4.78 is 1.69. The van der Waals surface area contributed by atoms with E-state index in [2.05, 4.69) is 17.3 Å². The molecule has 0 spiro atoms. The van der Waals surface area contributed by atoms with E-state index in [0.29, 0.717) is 24.8 Å². The fourth-order valence-electron chi connectivity index (χ4n) is 1.91. The molecule has 0 radical (unpaired) electrons. The number of hydrogen-bond acceptors (Lipinski definition) is 4. The number of rotatable bonds is 7. The molecular weight excluding hydrogens is 252 g/mol. The third-order valence-electron chi connectivity index (χ3n) is 2.74. The third kappa shape index (κ3) is 4.24. The van der Waals surface area contributed by atoms with E-state index < -0.39 is 0 Å². The second kappa shape index (κ2) is 7.09. The van der Waals surface area contributed by atoms with Crippen molar-refractivity contribution in [1.29, 1.82) is 0 Å². The van der Waals surface area contributed by atoms with Crippen LogP contribution < -0.4 is 5.32 Å². The van der Waals surface area contributed by atoms with Crippen LogP contribution in [0.15, 0.2) is 0 Å². The van der Waals surface area contributed by atoms with E-state index in [1.54, 1.807) is 4.68 Å². The second-order valence-electron chi connectivity index (χ2n) is 4.74. The first-order chi connectivity index (χ1) is 8.45. The summed E-state index contributed by atoms with van der Waals surface area (Å²) >= 11 is 6.18. The van der Waals surface area contributed by atoms with Crippen LogP contribution >= 0.6 is 11.6 Å². The lowest BCUT2D eigenvalue weighted by atomic mass is 10.2. The minimum atomic E-state index is -0.375. The van der Waals surface area contributed by atoms with Crippen molar-refractivity contribution in [3.63, 3.8) is 0 Å². The third-order valence-corrected chi connectivity index (χ3v) is 3.22. The average Bonchev–Trinajstić information content (AvgIpc) is 2.55. The Labute approximate surface area is 114 Å². The number of aliphatic hydroxyl groups excluding tert-OH is 1. The molecule has 1 unspecified atom stereocenters. The van der Waals surface area contributed by atoms with Crippen LogP contribution in [0, 0.1) is 0 Å². The average molecular weight is 275 g/mol. The van der Waals surface area contributed by atoms with Gasteiger partial charge in [0.15, 0.2) is 0 Å². The zero-order chi connectivity index (χ0) is 13.7. The molecule has 0 amide bonds. The van der Waals surface area contributed by atoms with E-state index in [-0.39, 0.29) is 6.10 Å². The molecule has 2 N–H and O–H groups in total. The lowest BCUT2D eigenvalue weighted by molar-refractivity contribution is 0.134. The van der Waals surface area contributed by atoms with Gasteiger partial charge in [-0.15, -0.1) is 0 Å². The fourth-order valence-corrected chi connectivity index (χ4v) is 2.12. The van der Waals surface area contributed by atoms with Crippen LogP contribution in [0.2, 0.25) is 5.15 Å². The Bertz CT molecular complexity index is 378. The molecule has 1 aromatic heterocycles. The minimum Gasteiger partial charge on any atom is -0.390 e. The van der Waals surface area contributed by atoms with Gasteiger partial charge in [0, 0.05) is 32.2 Å². The molecule has 1 rings (SSSR count). The summed E-state index contributed by atoms with van der Waals surface area (Å²) in [5, 5.41) is 18.0. The van der Waals surface area contributed by atoms with Crippen LogP contribution in [0.25, 0.3) is 0 Å². The van der Waals surface area contributed by atoms with Gasteiger partial charge in [-0.2, -0.15) is 5.10 Å². The van der Waals surface area contributed by atoms with Gasteiger partial charge in [-0.1, -0.05) is 18.5 Å². The highest BCUT2D eigenvalue weighted by Gasteiger charge is 2.13. The van der Waals surface area contributed by atoms with Crippen molar-refractivity contribution in [1.82, 2.24) is 20.0 Å². The molecule has 18 heavy (non-hydrogen) atoms. The van der Waals surface area contributed by atoms with Crippen molar-refractivity contribution in [2.75, 3.05) is 27.2 Å². The summed E-state index contributed by atoms with van der Waals surface area (Å²) in [7, 11) is 5.72. The van der Waals surface area contributed by atoms with Gasteiger partial charge in [0.05, 0.1) is 11.8 Å². The normalized spacial score (nSPS) is 13.3. The van der Waals surface area contributed by atoms with Gasteiger partial charge in [-0.05, 0) is 20.5 Å². The van der Waals surface area contributed by atoms with E-state index in [1.165, 1.54) is 0 Å². The van der Waals surface area contributed by atoms with Gasteiger partial charge >= 0.3 is 0 Å². The van der Waals surface area contributed by atoms with Crippen molar-refractivity contribution >= 4 is 11.6 Å². The van der Waals surface area contributed by atoms with Crippen molar-refractivity contribution in [2.24, 2.45) is 7.05 Å². The van der Waals surface area contributed by atoms with E-state index in [0.717, 1.165) is 17.7 Å². The van der Waals surface area contributed by atoms with Crippen LogP contribution in [-0.4, -0.2) is 53.1 Å². The zero-order valence-corrected chi connectivity index (χ0v) is 12.3. The molecule has 104 valence electrons. The largest absolute Gasteiger partial charge is 0.390 e. The lowest BCUT2D eigenvalue weighted by Crippen LogP contribution is -2.34. The summed E-state index contributed by atoms with van der Waals surface area (Å²) in [6.07, 6.45) is 0.484. The Kier molecular flexibility index (Phi) is 6.08. The van der Waals surface area contributed by atoms with E-state index in [9.17, 15) is 5.11 Å². The molecule has 0 saturated heterocycles. The van der Waals surface area contributed by atoms with Crippen molar-refractivity contribution in [3.8, 4) is 0 Å². The van der Waals surface area contributed by atoms with Gasteiger partial charge in [-0.3, -0.25) is 4.68 Å². The van der Waals surface area contributed by atoms with Crippen LogP contribution in [0.3, 0.4) is 0 Å². The van der Waals surface area contributed by atoms with Crippen LogP contribution in [0.4, 0.5) is 0 Å². The van der Waals surface area contributed by atoms with E-state index >= 15 is 0 Å². The number of aliphatic hydroxyl groups is 1. The molecule has 0 aromatic carbocycles. The first-order valence-corrected chi connectivity index (χ1v) is 6.57. The first-order valence-electron chi connectivity index (χ1n) is 6.19. The predicted molar refractivity (Wildman–Crippen MR) is 73.9 cm³/mol. The molecule has 0 saturated carbocycles. The van der Waals surface area contributed by atoms with Gasteiger partial charge in [-0.25, -0.2) is 0 Å². The topological polar surface area (TPSA) is 53.3 Å². The molecule has 0 aliphatic carbocycles. The number of nitrogens with zero attached hydrogens (tertiary/aromatic N) is 3. The maximum Gasteiger partial charge on any atom is 0.131 e. The molecule has 1 heterocycles. The molecule has 0 aliphatic rings. The monoisotopic (exact) mass is 274 g/mol. The Morgan fingerprint density at radius 2 is 2.17 bits per heavy atom. The second-order valence-corrected chi connectivity index (χ2v) is 5.10. The number of likely N-dealkylation sites (N-methyl/N-ethyl adjacent to an activating group) is 1. The summed E-state index contributed by atoms with van der Waals surface area (Å²) in [5.41, 5.74) is 2.04.